The summed E-state index contributed by atoms with van der Waals surface area (Å²) in [4.78, 5) is 22.4. The Morgan fingerprint density at radius 3 is 2.55 bits per heavy atom. The van der Waals surface area contributed by atoms with Crippen LogP contribution in [0.25, 0.3) is 5.53 Å². The lowest BCUT2D eigenvalue weighted by atomic mass is 10.5. The average Bonchev–Trinajstić information content (AvgIpc) is 2.02. The molecule has 0 saturated heterocycles. The predicted octanol–water partition coefficient (Wildman–Crippen LogP) is 0.0640. The Hall–Kier alpha value is -1.55. The molecule has 0 aliphatic carbocycles. The summed E-state index contributed by atoms with van der Waals surface area (Å²) in [5.41, 5.74) is 7.69. The number of esters is 2. The Balaban J connectivity index is 4.09. The largest absolute Gasteiger partial charge is 0.554 e. The minimum Gasteiger partial charge on any atom is -0.382 e. The molecule has 60 valence electrons. The van der Waals surface area contributed by atoms with Crippen LogP contribution >= 0.6 is 0 Å². The Bertz CT molecular complexity index is 232. The number of ether oxygens (including phenoxy) is 1. The summed E-state index contributed by atoms with van der Waals surface area (Å²) in [6, 6.07) is 0. The summed E-state index contributed by atoms with van der Waals surface area (Å²) in [6.45, 7) is 1.43. The first-order valence-electron chi connectivity index (χ1n) is 2.74. The van der Waals surface area contributed by atoms with Gasteiger partial charge in [0.2, 0.25) is 0 Å². The quantitative estimate of drug-likeness (QED) is 0.188. The van der Waals surface area contributed by atoms with Crippen LogP contribution in [0.4, 0.5) is 4.39 Å². The van der Waals surface area contributed by atoms with Crippen molar-refractivity contribution >= 4 is 17.9 Å². The third-order valence-electron chi connectivity index (χ3n) is 0.751. The average molecular weight is 160 g/mol. The molecule has 0 aliphatic rings. The van der Waals surface area contributed by atoms with Gasteiger partial charge in [0.05, 0.1) is 0 Å². The standard InChI is InChI=1S/C5H5FN2O3/c1-2-3(9)11-5(10)4(6)8-7/h2H2,1H3. The van der Waals surface area contributed by atoms with Gasteiger partial charge in [-0.2, -0.15) is 0 Å². The van der Waals surface area contributed by atoms with Crippen molar-refractivity contribution in [2.75, 3.05) is 0 Å². The van der Waals surface area contributed by atoms with Crippen molar-refractivity contribution in [1.29, 1.82) is 0 Å². The van der Waals surface area contributed by atoms with E-state index in [1.807, 2.05) is 4.79 Å². The van der Waals surface area contributed by atoms with Gasteiger partial charge in [0.15, 0.2) is 0 Å². The van der Waals surface area contributed by atoms with Gasteiger partial charge in [-0.15, -0.1) is 9.18 Å². The molecule has 0 spiro atoms. The van der Waals surface area contributed by atoms with Gasteiger partial charge in [-0.05, 0) is 0 Å². The molecule has 0 saturated carbocycles. The van der Waals surface area contributed by atoms with Crippen molar-refractivity contribution in [2.24, 2.45) is 0 Å². The second-order valence-corrected chi connectivity index (χ2v) is 1.51. The molecule has 0 fully saturated rings. The third-order valence-corrected chi connectivity index (χ3v) is 0.751. The highest BCUT2D eigenvalue weighted by Crippen LogP contribution is 1.87. The number of halogens is 1. The van der Waals surface area contributed by atoms with Gasteiger partial charge < -0.3 is 10.3 Å². The maximum Gasteiger partial charge on any atom is 0.554 e. The van der Waals surface area contributed by atoms with Crippen LogP contribution in [0.5, 0.6) is 0 Å². The number of hydrogen-bond acceptors (Lipinski definition) is 3. The van der Waals surface area contributed by atoms with Crippen LogP contribution in [0.1, 0.15) is 13.3 Å². The zero-order valence-corrected chi connectivity index (χ0v) is 5.70. The Morgan fingerprint density at radius 2 is 2.18 bits per heavy atom. The van der Waals surface area contributed by atoms with E-state index < -0.39 is 17.9 Å². The van der Waals surface area contributed by atoms with Crippen molar-refractivity contribution in [2.45, 2.75) is 13.3 Å². The van der Waals surface area contributed by atoms with Crippen LogP contribution < -0.4 is 0 Å². The molecule has 0 aromatic rings. The van der Waals surface area contributed by atoms with E-state index >= 15 is 0 Å². The van der Waals surface area contributed by atoms with Gasteiger partial charge in [-0.25, -0.2) is 4.79 Å². The minimum absolute atomic E-state index is 0.0511. The molecule has 0 rings (SSSR count). The number of hydrogen-bond donors (Lipinski definition) is 0. The van der Waals surface area contributed by atoms with Crippen molar-refractivity contribution < 1.29 is 23.5 Å². The van der Waals surface area contributed by atoms with Gasteiger partial charge in [0.1, 0.15) is 0 Å². The number of carbonyl (C=O) groups is 2. The van der Waals surface area contributed by atoms with E-state index in [2.05, 4.69) is 4.74 Å². The normalized spacial score (nSPS) is 8.18. The van der Waals surface area contributed by atoms with E-state index in [0.29, 0.717) is 0 Å². The molecular formula is C5H5FN2O3. The van der Waals surface area contributed by atoms with Crippen LogP contribution in [0.15, 0.2) is 0 Å². The summed E-state index contributed by atoms with van der Waals surface area (Å²) in [5, 5.41) is 0. The third kappa shape index (κ3) is 3.22. The lowest BCUT2D eigenvalue weighted by molar-refractivity contribution is -0.158. The first-order valence-corrected chi connectivity index (χ1v) is 2.74. The molecule has 0 aromatic heterocycles. The van der Waals surface area contributed by atoms with Crippen molar-refractivity contribution in [3.63, 3.8) is 0 Å². The number of nitrogens with zero attached hydrogens (tertiary/aromatic N) is 2. The van der Waals surface area contributed by atoms with Gasteiger partial charge >= 0.3 is 17.9 Å². The van der Waals surface area contributed by atoms with Gasteiger partial charge in [0, 0.05) is 6.42 Å². The highest BCUT2D eigenvalue weighted by Gasteiger charge is 2.23. The van der Waals surface area contributed by atoms with Gasteiger partial charge in [-0.1, -0.05) is 6.92 Å². The predicted molar refractivity (Wildman–Crippen MR) is 31.1 cm³/mol. The van der Waals surface area contributed by atoms with Crippen LogP contribution in [-0.4, -0.2) is 22.7 Å². The highest BCUT2D eigenvalue weighted by molar-refractivity contribution is 6.31. The monoisotopic (exact) mass is 160 g/mol. The molecule has 0 heterocycles. The smallest absolute Gasteiger partial charge is 0.382 e. The van der Waals surface area contributed by atoms with Crippen LogP contribution in [0, 0.1) is 0 Å². The fraction of sp³-hybridized carbons (Fsp3) is 0.400. The van der Waals surface area contributed by atoms with E-state index in [1.54, 1.807) is 0 Å². The Labute approximate surface area is 61.4 Å². The molecule has 0 aliphatic heterocycles. The first kappa shape index (κ1) is 9.45. The molecule has 5 nitrogen and oxygen atoms in total. The van der Waals surface area contributed by atoms with Crippen LogP contribution in [0.2, 0.25) is 0 Å². The lowest BCUT2D eigenvalue weighted by Crippen LogP contribution is -2.18. The lowest BCUT2D eigenvalue weighted by Gasteiger charge is -1.91. The molecule has 11 heavy (non-hydrogen) atoms. The van der Waals surface area contributed by atoms with E-state index in [0.717, 1.165) is 0 Å². The first-order chi connectivity index (χ1) is 5.11. The minimum atomic E-state index is -1.74. The summed E-state index contributed by atoms with van der Waals surface area (Å²) >= 11 is 0. The van der Waals surface area contributed by atoms with E-state index in [-0.39, 0.29) is 6.42 Å². The zero-order chi connectivity index (χ0) is 8.85. The van der Waals surface area contributed by atoms with Crippen molar-refractivity contribution in [1.82, 2.24) is 0 Å². The molecular weight excluding hydrogens is 155 g/mol. The van der Waals surface area contributed by atoms with Crippen molar-refractivity contribution in [3.8, 4) is 0 Å². The second kappa shape index (κ2) is 4.29. The fourth-order valence-electron chi connectivity index (χ4n) is 0.258. The molecule has 0 amide bonds. The maximum atomic E-state index is 11.9. The Morgan fingerprint density at radius 1 is 1.64 bits per heavy atom. The molecule has 0 radical (unpaired) electrons. The molecule has 0 unspecified atom stereocenters. The van der Waals surface area contributed by atoms with Crippen LogP contribution in [-0.2, 0) is 14.3 Å². The van der Waals surface area contributed by atoms with E-state index in [9.17, 15) is 14.0 Å². The van der Waals surface area contributed by atoms with E-state index in [1.165, 1.54) is 6.92 Å². The maximum absolute atomic E-state index is 11.9. The highest BCUT2D eigenvalue weighted by atomic mass is 19.1. The van der Waals surface area contributed by atoms with Crippen molar-refractivity contribution in [3.05, 3.63) is 5.53 Å². The van der Waals surface area contributed by atoms with Crippen LogP contribution in [0.3, 0.4) is 0 Å². The molecule has 0 N–H and O–H groups in total. The van der Waals surface area contributed by atoms with Gasteiger partial charge in [-0.3, -0.25) is 4.79 Å². The van der Waals surface area contributed by atoms with Gasteiger partial charge in [0.25, 0.3) is 0 Å². The summed E-state index contributed by atoms with van der Waals surface area (Å²) in [7, 11) is 0. The summed E-state index contributed by atoms with van der Waals surface area (Å²) in [6.07, 6.45) is -0.0511. The molecule has 0 bridgehead atoms. The molecule has 0 atom stereocenters. The SMILES string of the molecule is CCC(=O)OC(=O)C(F)=[N+]=[N-]. The molecule has 0 aromatic carbocycles. The Kier molecular flexibility index (Phi) is 3.69. The molecule has 6 heteroatoms. The second-order valence-electron chi connectivity index (χ2n) is 1.51. The number of rotatable bonds is 2. The summed E-state index contributed by atoms with van der Waals surface area (Å²) in [5.74, 6) is -4.21. The fourth-order valence-corrected chi connectivity index (χ4v) is 0.258. The topological polar surface area (TPSA) is 79.8 Å². The zero-order valence-electron chi connectivity index (χ0n) is 5.70. The van der Waals surface area contributed by atoms with E-state index in [4.69, 9.17) is 5.53 Å². The summed E-state index contributed by atoms with van der Waals surface area (Å²) < 4.78 is 15.7. The number of carbonyl (C=O) groups excluding carboxylic acids is 2.